The summed E-state index contributed by atoms with van der Waals surface area (Å²) in [5, 5.41) is 30.6. The van der Waals surface area contributed by atoms with E-state index in [0.29, 0.717) is 17.7 Å². The standard InChI is InChI=1S/C32H43NO4/c34-26-29-18-19-31(35)30(23-29)32(36)25-33(24-28-16-7-4-8-17-28)20-10-1-2-11-21-37-22-12-9-15-27-13-5-3-6-14-27/h3-8,13-14,16-19,23,32,34-36H,1-2,9-12,15,20-22,24-26H2. The molecule has 0 spiro atoms. The van der Waals surface area contributed by atoms with Gasteiger partial charge in [-0.05, 0) is 67.5 Å². The quantitative estimate of drug-likeness (QED) is 0.184. The van der Waals surface area contributed by atoms with Crippen LogP contribution in [0.4, 0.5) is 0 Å². The average Bonchev–Trinajstić information content (AvgIpc) is 2.93. The predicted molar refractivity (Wildman–Crippen MR) is 149 cm³/mol. The summed E-state index contributed by atoms with van der Waals surface area (Å²) in [6, 6.07) is 25.8. The van der Waals surface area contributed by atoms with Crippen LogP contribution in [0.3, 0.4) is 0 Å². The molecule has 0 amide bonds. The van der Waals surface area contributed by atoms with Crippen LogP contribution in [-0.4, -0.2) is 46.5 Å². The Morgan fingerprint density at radius 1 is 0.703 bits per heavy atom. The SMILES string of the molecule is OCc1ccc(O)c(C(O)CN(CCCCCCOCCCCc2ccccc2)Cc2ccccc2)c1. The summed E-state index contributed by atoms with van der Waals surface area (Å²) >= 11 is 0. The largest absolute Gasteiger partial charge is 0.508 e. The number of hydrogen-bond donors (Lipinski definition) is 3. The molecule has 0 bridgehead atoms. The van der Waals surface area contributed by atoms with Crippen LogP contribution in [-0.2, 0) is 24.3 Å². The van der Waals surface area contributed by atoms with Crippen LogP contribution in [0.15, 0.2) is 78.9 Å². The predicted octanol–water partition coefficient (Wildman–Crippen LogP) is 6.02. The highest BCUT2D eigenvalue weighted by molar-refractivity contribution is 5.37. The van der Waals surface area contributed by atoms with Crippen molar-refractivity contribution in [1.82, 2.24) is 4.90 Å². The molecule has 3 aromatic carbocycles. The van der Waals surface area contributed by atoms with E-state index in [4.69, 9.17) is 4.74 Å². The van der Waals surface area contributed by atoms with Gasteiger partial charge >= 0.3 is 0 Å². The number of unbranched alkanes of at least 4 members (excludes halogenated alkanes) is 4. The van der Waals surface area contributed by atoms with Gasteiger partial charge in [0.15, 0.2) is 0 Å². The Kier molecular flexibility index (Phi) is 13.2. The monoisotopic (exact) mass is 505 g/mol. The van der Waals surface area contributed by atoms with Gasteiger partial charge in [0.25, 0.3) is 0 Å². The molecule has 37 heavy (non-hydrogen) atoms. The van der Waals surface area contributed by atoms with Gasteiger partial charge in [0.1, 0.15) is 5.75 Å². The highest BCUT2D eigenvalue weighted by atomic mass is 16.5. The molecule has 0 aliphatic heterocycles. The summed E-state index contributed by atoms with van der Waals surface area (Å²) < 4.78 is 5.82. The maximum atomic E-state index is 10.9. The van der Waals surface area contributed by atoms with Gasteiger partial charge in [-0.25, -0.2) is 0 Å². The number of hydrogen-bond acceptors (Lipinski definition) is 5. The second-order valence-electron chi connectivity index (χ2n) is 9.76. The van der Waals surface area contributed by atoms with Crippen molar-refractivity contribution >= 4 is 0 Å². The zero-order valence-electron chi connectivity index (χ0n) is 22.0. The fraction of sp³-hybridized carbons (Fsp3) is 0.438. The number of aryl methyl sites for hydroxylation is 1. The zero-order valence-corrected chi connectivity index (χ0v) is 22.0. The van der Waals surface area contributed by atoms with E-state index < -0.39 is 6.10 Å². The van der Waals surface area contributed by atoms with Crippen LogP contribution in [0.1, 0.15) is 66.9 Å². The van der Waals surface area contributed by atoms with E-state index in [0.717, 1.165) is 71.2 Å². The first kappa shape index (κ1) is 28.9. The molecule has 5 nitrogen and oxygen atoms in total. The van der Waals surface area contributed by atoms with Gasteiger partial charge in [-0.2, -0.15) is 0 Å². The fourth-order valence-electron chi connectivity index (χ4n) is 4.56. The van der Waals surface area contributed by atoms with Crippen LogP contribution < -0.4 is 0 Å². The van der Waals surface area contributed by atoms with Gasteiger partial charge in [-0.15, -0.1) is 0 Å². The van der Waals surface area contributed by atoms with Crippen molar-refractivity contribution in [3.05, 3.63) is 101 Å². The van der Waals surface area contributed by atoms with Gasteiger partial charge < -0.3 is 20.1 Å². The first-order valence-corrected chi connectivity index (χ1v) is 13.6. The minimum atomic E-state index is -0.828. The zero-order chi connectivity index (χ0) is 26.1. The first-order chi connectivity index (χ1) is 18.2. The molecular formula is C32H43NO4. The molecule has 3 N–H and O–H groups in total. The van der Waals surface area contributed by atoms with E-state index in [-0.39, 0.29) is 12.4 Å². The molecule has 0 saturated carbocycles. The third-order valence-corrected chi connectivity index (χ3v) is 6.67. The third-order valence-electron chi connectivity index (χ3n) is 6.67. The molecule has 3 aromatic rings. The molecule has 0 radical (unpaired) electrons. The Bertz CT molecular complexity index is 996. The topological polar surface area (TPSA) is 73.2 Å². The van der Waals surface area contributed by atoms with Crippen LogP contribution in [0.25, 0.3) is 0 Å². The van der Waals surface area contributed by atoms with E-state index in [1.165, 1.54) is 17.2 Å². The summed E-state index contributed by atoms with van der Waals surface area (Å²) in [6.45, 7) is 3.56. The number of phenolic OH excluding ortho intramolecular Hbond substituents is 1. The van der Waals surface area contributed by atoms with Crippen molar-refractivity contribution in [1.29, 1.82) is 0 Å². The van der Waals surface area contributed by atoms with E-state index >= 15 is 0 Å². The van der Waals surface area contributed by atoms with Gasteiger partial charge in [-0.3, -0.25) is 4.90 Å². The van der Waals surface area contributed by atoms with Crippen LogP contribution >= 0.6 is 0 Å². The number of aromatic hydroxyl groups is 1. The van der Waals surface area contributed by atoms with Crippen molar-refractivity contribution in [3.63, 3.8) is 0 Å². The molecule has 0 aliphatic rings. The normalized spacial score (nSPS) is 12.2. The van der Waals surface area contributed by atoms with Crippen LogP contribution in [0.5, 0.6) is 5.75 Å². The van der Waals surface area contributed by atoms with Gasteiger partial charge in [0.05, 0.1) is 12.7 Å². The lowest BCUT2D eigenvalue weighted by atomic mass is 10.0. The van der Waals surface area contributed by atoms with Gasteiger partial charge in [-0.1, -0.05) is 79.6 Å². The van der Waals surface area contributed by atoms with Gasteiger partial charge in [0, 0.05) is 31.9 Å². The molecule has 1 unspecified atom stereocenters. The molecule has 3 rings (SSSR count). The highest BCUT2D eigenvalue weighted by Gasteiger charge is 2.17. The van der Waals surface area contributed by atoms with Crippen molar-refractivity contribution < 1.29 is 20.1 Å². The van der Waals surface area contributed by atoms with Crippen molar-refractivity contribution in [2.75, 3.05) is 26.3 Å². The van der Waals surface area contributed by atoms with E-state index in [9.17, 15) is 15.3 Å². The molecule has 0 saturated heterocycles. The molecule has 0 aliphatic carbocycles. The fourth-order valence-corrected chi connectivity index (χ4v) is 4.56. The number of rotatable bonds is 18. The number of aliphatic hydroxyl groups excluding tert-OH is 2. The molecular weight excluding hydrogens is 462 g/mol. The van der Waals surface area contributed by atoms with Crippen LogP contribution in [0, 0.1) is 0 Å². The van der Waals surface area contributed by atoms with Gasteiger partial charge in [0.2, 0.25) is 0 Å². The summed E-state index contributed by atoms with van der Waals surface area (Å²) in [6.07, 6.45) is 6.91. The second-order valence-corrected chi connectivity index (χ2v) is 9.76. The highest BCUT2D eigenvalue weighted by Crippen LogP contribution is 2.27. The Labute approximate surface area is 222 Å². The molecule has 1 atom stereocenters. The number of aliphatic hydroxyl groups is 2. The Morgan fingerprint density at radius 2 is 1.35 bits per heavy atom. The molecule has 0 aromatic heterocycles. The van der Waals surface area contributed by atoms with E-state index in [1.54, 1.807) is 12.1 Å². The summed E-state index contributed by atoms with van der Waals surface area (Å²) in [5.74, 6) is 0.0597. The van der Waals surface area contributed by atoms with Crippen molar-refractivity contribution in [2.24, 2.45) is 0 Å². The number of nitrogens with zero attached hydrogens (tertiary/aromatic N) is 1. The van der Waals surface area contributed by atoms with Crippen molar-refractivity contribution in [3.8, 4) is 5.75 Å². The molecule has 200 valence electrons. The third kappa shape index (κ3) is 11.1. The lowest BCUT2D eigenvalue weighted by Gasteiger charge is -2.26. The number of benzene rings is 3. The average molecular weight is 506 g/mol. The lowest BCUT2D eigenvalue weighted by Crippen LogP contribution is -2.29. The van der Waals surface area contributed by atoms with E-state index in [1.807, 2.05) is 18.2 Å². The van der Waals surface area contributed by atoms with Crippen LogP contribution in [0.2, 0.25) is 0 Å². The molecule has 0 heterocycles. The smallest absolute Gasteiger partial charge is 0.121 e. The van der Waals surface area contributed by atoms with E-state index in [2.05, 4.69) is 47.4 Å². The first-order valence-electron chi connectivity index (χ1n) is 13.6. The minimum Gasteiger partial charge on any atom is -0.508 e. The summed E-state index contributed by atoms with van der Waals surface area (Å²) in [5.41, 5.74) is 3.74. The Morgan fingerprint density at radius 3 is 2.05 bits per heavy atom. The minimum absolute atomic E-state index is 0.0597. The molecule has 0 fully saturated rings. The summed E-state index contributed by atoms with van der Waals surface area (Å²) in [7, 11) is 0. The number of phenols is 1. The van der Waals surface area contributed by atoms with Crippen molar-refractivity contribution in [2.45, 2.75) is 64.2 Å². The molecule has 5 heteroatoms. The lowest BCUT2D eigenvalue weighted by molar-refractivity contribution is 0.105. The maximum Gasteiger partial charge on any atom is 0.121 e. The Balaban J connectivity index is 1.35. The Hall–Kier alpha value is -2.70. The number of ether oxygens (including phenoxy) is 1. The maximum absolute atomic E-state index is 10.9. The summed E-state index contributed by atoms with van der Waals surface area (Å²) in [4.78, 5) is 2.24. The second kappa shape index (κ2) is 16.9.